The van der Waals surface area contributed by atoms with Crippen LogP contribution in [0.25, 0.3) is 0 Å². The van der Waals surface area contributed by atoms with Crippen LogP contribution in [-0.4, -0.2) is 58.2 Å². The molecule has 1 aliphatic rings. The third kappa shape index (κ3) is 2.63. The number of rotatable bonds is 2. The van der Waals surface area contributed by atoms with Gasteiger partial charge in [0.05, 0.1) is 24.4 Å². The van der Waals surface area contributed by atoms with Crippen LogP contribution in [0.1, 0.15) is 10.4 Å². The second-order valence-electron chi connectivity index (χ2n) is 4.13. The van der Waals surface area contributed by atoms with E-state index in [4.69, 9.17) is 5.26 Å². The molecule has 1 aromatic rings. The molecule has 0 aromatic carbocycles. The van der Waals surface area contributed by atoms with Crippen molar-refractivity contribution in [3.05, 3.63) is 18.0 Å². The molecule has 6 heteroatoms. The molecule has 0 unspecified atom stereocenters. The van der Waals surface area contributed by atoms with E-state index in [0.717, 1.165) is 13.1 Å². The van der Waals surface area contributed by atoms with E-state index in [-0.39, 0.29) is 5.91 Å². The molecule has 90 valence electrons. The van der Waals surface area contributed by atoms with Crippen LogP contribution in [0.5, 0.6) is 0 Å². The first-order valence-electron chi connectivity index (χ1n) is 5.58. The van der Waals surface area contributed by atoms with Gasteiger partial charge in [-0.2, -0.15) is 10.4 Å². The number of carbonyl (C=O) groups is 1. The second kappa shape index (κ2) is 4.97. The third-order valence-corrected chi connectivity index (χ3v) is 2.91. The van der Waals surface area contributed by atoms with Gasteiger partial charge >= 0.3 is 0 Å². The van der Waals surface area contributed by atoms with Gasteiger partial charge in [0.1, 0.15) is 0 Å². The molecular formula is C11H15N5O. The lowest BCUT2D eigenvalue weighted by molar-refractivity contribution is 0.0651. The fourth-order valence-corrected chi connectivity index (χ4v) is 1.92. The van der Waals surface area contributed by atoms with Crippen molar-refractivity contribution < 1.29 is 4.79 Å². The molecule has 6 nitrogen and oxygen atoms in total. The number of carbonyl (C=O) groups excluding carboxylic acids is 1. The molecule has 1 saturated heterocycles. The number of aryl methyl sites for hydroxylation is 1. The van der Waals surface area contributed by atoms with Crippen molar-refractivity contribution in [1.29, 1.82) is 5.26 Å². The molecule has 1 fully saturated rings. The van der Waals surface area contributed by atoms with Gasteiger partial charge in [0.25, 0.3) is 5.91 Å². The predicted octanol–water partition coefficient (Wildman–Crippen LogP) is -0.299. The summed E-state index contributed by atoms with van der Waals surface area (Å²) in [6, 6.07) is 2.13. The van der Waals surface area contributed by atoms with E-state index in [2.05, 4.69) is 11.2 Å². The van der Waals surface area contributed by atoms with Gasteiger partial charge in [0.2, 0.25) is 0 Å². The first kappa shape index (κ1) is 11.6. The SMILES string of the molecule is Cn1cc(C(=O)N2CCN(CC#N)CC2)cn1. The smallest absolute Gasteiger partial charge is 0.257 e. The molecule has 0 N–H and O–H groups in total. The molecule has 0 bridgehead atoms. The summed E-state index contributed by atoms with van der Waals surface area (Å²) in [5.74, 6) is 0.0229. The Balaban J connectivity index is 1.93. The van der Waals surface area contributed by atoms with Crippen molar-refractivity contribution in [2.45, 2.75) is 0 Å². The Morgan fingerprint density at radius 1 is 1.47 bits per heavy atom. The normalized spacial score (nSPS) is 16.8. The quantitative estimate of drug-likeness (QED) is 0.658. The van der Waals surface area contributed by atoms with Gasteiger partial charge in [-0.15, -0.1) is 0 Å². The van der Waals surface area contributed by atoms with Crippen molar-refractivity contribution in [2.75, 3.05) is 32.7 Å². The number of aromatic nitrogens is 2. The highest BCUT2D eigenvalue weighted by atomic mass is 16.2. The van der Waals surface area contributed by atoms with Gasteiger partial charge in [0, 0.05) is 39.4 Å². The van der Waals surface area contributed by atoms with Crippen molar-refractivity contribution >= 4 is 5.91 Å². The number of piperazine rings is 1. The fraction of sp³-hybridized carbons (Fsp3) is 0.545. The zero-order chi connectivity index (χ0) is 12.3. The van der Waals surface area contributed by atoms with Crippen LogP contribution in [0.2, 0.25) is 0 Å². The lowest BCUT2D eigenvalue weighted by Gasteiger charge is -2.33. The average molecular weight is 233 g/mol. The molecule has 0 aliphatic carbocycles. The Labute approximate surface area is 100 Å². The van der Waals surface area contributed by atoms with Gasteiger partial charge in [-0.1, -0.05) is 0 Å². The maximum absolute atomic E-state index is 12.1. The molecular weight excluding hydrogens is 218 g/mol. The van der Waals surface area contributed by atoms with Gasteiger partial charge in [-0.05, 0) is 0 Å². The monoisotopic (exact) mass is 233 g/mol. The van der Waals surface area contributed by atoms with Gasteiger partial charge in [-0.25, -0.2) is 0 Å². The minimum atomic E-state index is 0.0229. The van der Waals surface area contributed by atoms with Crippen molar-refractivity contribution in [2.24, 2.45) is 7.05 Å². The van der Waals surface area contributed by atoms with Gasteiger partial charge < -0.3 is 4.90 Å². The third-order valence-electron chi connectivity index (χ3n) is 2.91. The van der Waals surface area contributed by atoms with E-state index >= 15 is 0 Å². The predicted molar refractivity (Wildman–Crippen MR) is 61.2 cm³/mol. The highest BCUT2D eigenvalue weighted by molar-refractivity contribution is 5.93. The number of nitriles is 1. The number of hydrogen-bond donors (Lipinski definition) is 0. The highest BCUT2D eigenvalue weighted by Gasteiger charge is 2.22. The second-order valence-corrected chi connectivity index (χ2v) is 4.13. The van der Waals surface area contributed by atoms with Crippen LogP contribution in [0.4, 0.5) is 0 Å². The summed E-state index contributed by atoms with van der Waals surface area (Å²) in [4.78, 5) is 15.9. The van der Waals surface area contributed by atoms with Crippen LogP contribution < -0.4 is 0 Å². The zero-order valence-electron chi connectivity index (χ0n) is 9.83. The van der Waals surface area contributed by atoms with E-state index in [1.165, 1.54) is 0 Å². The standard InChI is InChI=1S/C11H15N5O/c1-14-9-10(8-13-14)11(17)16-6-4-15(3-2-12)5-7-16/h8-9H,3-7H2,1H3. The summed E-state index contributed by atoms with van der Waals surface area (Å²) in [5.41, 5.74) is 0.626. The summed E-state index contributed by atoms with van der Waals surface area (Å²) >= 11 is 0. The van der Waals surface area contributed by atoms with Crippen LogP contribution in [0, 0.1) is 11.3 Å². The molecule has 0 atom stereocenters. The van der Waals surface area contributed by atoms with Gasteiger partial charge in [-0.3, -0.25) is 14.4 Å². The van der Waals surface area contributed by atoms with E-state index in [1.807, 2.05) is 9.80 Å². The molecule has 2 rings (SSSR count). The average Bonchev–Trinajstić information content (AvgIpc) is 2.76. The van der Waals surface area contributed by atoms with E-state index in [1.54, 1.807) is 24.1 Å². The molecule has 1 aliphatic heterocycles. The Hall–Kier alpha value is -1.87. The molecule has 1 amide bonds. The van der Waals surface area contributed by atoms with Crippen molar-refractivity contribution in [3.63, 3.8) is 0 Å². The first-order valence-corrected chi connectivity index (χ1v) is 5.58. The van der Waals surface area contributed by atoms with Gasteiger partial charge in [0.15, 0.2) is 0 Å². The van der Waals surface area contributed by atoms with Crippen LogP contribution in [0.15, 0.2) is 12.4 Å². The van der Waals surface area contributed by atoms with E-state index < -0.39 is 0 Å². The number of nitrogens with zero attached hydrogens (tertiary/aromatic N) is 5. The van der Waals surface area contributed by atoms with E-state index in [9.17, 15) is 4.79 Å². The molecule has 0 spiro atoms. The fourth-order valence-electron chi connectivity index (χ4n) is 1.92. The highest BCUT2D eigenvalue weighted by Crippen LogP contribution is 2.07. The zero-order valence-corrected chi connectivity index (χ0v) is 9.83. The molecule has 0 saturated carbocycles. The topological polar surface area (TPSA) is 65.2 Å². The van der Waals surface area contributed by atoms with Crippen molar-refractivity contribution in [1.82, 2.24) is 19.6 Å². The van der Waals surface area contributed by atoms with E-state index in [0.29, 0.717) is 25.2 Å². The maximum Gasteiger partial charge on any atom is 0.257 e. The summed E-state index contributed by atoms with van der Waals surface area (Å²) in [5, 5.41) is 12.6. The summed E-state index contributed by atoms with van der Waals surface area (Å²) in [6.45, 7) is 3.32. The Morgan fingerprint density at radius 2 is 2.18 bits per heavy atom. The van der Waals surface area contributed by atoms with Crippen LogP contribution >= 0.6 is 0 Å². The van der Waals surface area contributed by atoms with Crippen molar-refractivity contribution in [3.8, 4) is 6.07 Å². The minimum Gasteiger partial charge on any atom is -0.336 e. The Bertz CT molecular complexity index is 439. The molecule has 17 heavy (non-hydrogen) atoms. The molecule has 2 heterocycles. The summed E-state index contributed by atoms with van der Waals surface area (Å²) in [7, 11) is 1.79. The molecule has 0 radical (unpaired) electrons. The lowest BCUT2D eigenvalue weighted by Crippen LogP contribution is -2.48. The number of hydrogen-bond acceptors (Lipinski definition) is 4. The van der Waals surface area contributed by atoms with Crippen LogP contribution in [0.3, 0.4) is 0 Å². The Morgan fingerprint density at radius 3 is 2.71 bits per heavy atom. The largest absolute Gasteiger partial charge is 0.336 e. The number of amides is 1. The minimum absolute atomic E-state index is 0.0229. The lowest BCUT2D eigenvalue weighted by atomic mass is 10.2. The maximum atomic E-state index is 12.1. The summed E-state index contributed by atoms with van der Waals surface area (Å²) in [6.07, 6.45) is 3.31. The molecule has 1 aromatic heterocycles. The van der Waals surface area contributed by atoms with Crippen LogP contribution in [-0.2, 0) is 7.05 Å². The Kier molecular flexibility index (Phi) is 3.40. The summed E-state index contributed by atoms with van der Waals surface area (Å²) < 4.78 is 1.62. The first-order chi connectivity index (χ1) is 8.20.